The Morgan fingerprint density at radius 1 is 1.08 bits per heavy atom. The third-order valence-corrected chi connectivity index (χ3v) is 4.47. The van der Waals surface area contributed by atoms with E-state index in [2.05, 4.69) is 19.2 Å². The molecule has 2 fully saturated rings. The van der Waals surface area contributed by atoms with Gasteiger partial charge in [0.1, 0.15) is 0 Å². The molecule has 0 aromatic carbocycles. The first-order chi connectivity index (χ1) is 6.29. The number of rotatable bonds is 1. The van der Waals surface area contributed by atoms with Crippen molar-refractivity contribution in [3.63, 3.8) is 0 Å². The fraction of sp³-hybridized carbons (Fsp3) is 1.00. The Labute approximate surface area is 82.3 Å². The second-order valence-corrected chi connectivity index (χ2v) is 5.18. The van der Waals surface area contributed by atoms with Gasteiger partial charge in [-0.2, -0.15) is 0 Å². The summed E-state index contributed by atoms with van der Waals surface area (Å²) >= 11 is 0. The summed E-state index contributed by atoms with van der Waals surface area (Å²) < 4.78 is 0. The predicted octanol–water partition coefficient (Wildman–Crippen LogP) is 2.67. The van der Waals surface area contributed by atoms with Crippen molar-refractivity contribution >= 4 is 0 Å². The quantitative estimate of drug-likeness (QED) is 0.656. The minimum absolute atomic E-state index is 0.971. The molecule has 0 spiro atoms. The van der Waals surface area contributed by atoms with Crippen molar-refractivity contribution in [2.24, 2.45) is 23.7 Å². The first-order valence-electron chi connectivity index (χ1n) is 5.99. The van der Waals surface area contributed by atoms with Crippen LogP contribution in [0.15, 0.2) is 0 Å². The zero-order chi connectivity index (χ0) is 9.26. The van der Waals surface area contributed by atoms with Crippen molar-refractivity contribution in [2.75, 3.05) is 13.1 Å². The van der Waals surface area contributed by atoms with Crippen LogP contribution >= 0.6 is 0 Å². The molecule has 4 unspecified atom stereocenters. The zero-order valence-electron chi connectivity index (χ0n) is 9.05. The van der Waals surface area contributed by atoms with Crippen LogP contribution in [-0.2, 0) is 0 Å². The van der Waals surface area contributed by atoms with Gasteiger partial charge in [0.15, 0.2) is 0 Å². The van der Waals surface area contributed by atoms with E-state index in [0.717, 1.165) is 23.7 Å². The zero-order valence-corrected chi connectivity index (χ0v) is 9.05. The number of nitrogens with one attached hydrogen (secondary N) is 1. The maximum atomic E-state index is 3.51. The van der Waals surface area contributed by atoms with E-state index in [4.69, 9.17) is 0 Å². The molecule has 2 aliphatic rings. The summed E-state index contributed by atoms with van der Waals surface area (Å²) in [5.74, 6) is 3.97. The van der Waals surface area contributed by atoms with Gasteiger partial charge in [0.05, 0.1) is 0 Å². The number of hydrogen-bond acceptors (Lipinski definition) is 1. The summed E-state index contributed by atoms with van der Waals surface area (Å²) in [4.78, 5) is 0. The highest BCUT2D eigenvalue weighted by molar-refractivity contribution is 4.85. The van der Waals surface area contributed by atoms with Gasteiger partial charge in [-0.05, 0) is 49.6 Å². The summed E-state index contributed by atoms with van der Waals surface area (Å²) in [6.07, 6.45) is 5.88. The Balaban J connectivity index is 1.95. The summed E-state index contributed by atoms with van der Waals surface area (Å²) in [7, 11) is 0. The molecular formula is C12H23N. The molecule has 0 radical (unpaired) electrons. The summed E-state index contributed by atoms with van der Waals surface area (Å²) in [6, 6.07) is 0. The SMILES string of the molecule is CC1CCCC(C2CCNC2)C1C. The van der Waals surface area contributed by atoms with E-state index in [1.165, 1.54) is 38.8 Å². The fourth-order valence-electron chi connectivity index (χ4n) is 3.33. The van der Waals surface area contributed by atoms with E-state index < -0.39 is 0 Å². The van der Waals surface area contributed by atoms with Crippen LogP contribution in [0.5, 0.6) is 0 Å². The van der Waals surface area contributed by atoms with E-state index in [1.54, 1.807) is 0 Å². The van der Waals surface area contributed by atoms with Gasteiger partial charge in [0.25, 0.3) is 0 Å². The van der Waals surface area contributed by atoms with E-state index in [1.807, 2.05) is 0 Å². The van der Waals surface area contributed by atoms with Crippen LogP contribution in [0.3, 0.4) is 0 Å². The van der Waals surface area contributed by atoms with E-state index >= 15 is 0 Å². The van der Waals surface area contributed by atoms with Crippen LogP contribution in [0.2, 0.25) is 0 Å². The minimum atomic E-state index is 0.971. The Kier molecular flexibility index (Phi) is 2.92. The second-order valence-electron chi connectivity index (χ2n) is 5.18. The molecule has 1 aliphatic heterocycles. The highest BCUT2D eigenvalue weighted by atomic mass is 14.9. The molecule has 2 rings (SSSR count). The monoisotopic (exact) mass is 181 g/mol. The van der Waals surface area contributed by atoms with E-state index in [9.17, 15) is 0 Å². The van der Waals surface area contributed by atoms with Crippen LogP contribution in [0.25, 0.3) is 0 Å². The van der Waals surface area contributed by atoms with Gasteiger partial charge >= 0.3 is 0 Å². The Hall–Kier alpha value is -0.0400. The highest BCUT2D eigenvalue weighted by Gasteiger charge is 2.33. The average Bonchev–Trinajstić information content (AvgIpc) is 2.62. The van der Waals surface area contributed by atoms with Crippen molar-refractivity contribution in [3.8, 4) is 0 Å². The third kappa shape index (κ3) is 1.90. The van der Waals surface area contributed by atoms with Gasteiger partial charge in [0, 0.05) is 0 Å². The van der Waals surface area contributed by atoms with Gasteiger partial charge in [-0.15, -0.1) is 0 Å². The van der Waals surface area contributed by atoms with E-state index in [-0.39, 0.29) is 0 Å². The lowest BCUT2D eigenvalue weighted by Crippen LogP contribution is -2.31. The van der Waals surface area contributed by atoms with Gasteiger partial charge in [-0.25, -0.2) is 0 Å². The molecule has 1 aliphatic carbocycles. The van der Waals surface area contributed by atoms with Gasteiger partial charge in [-0.3, -0.25) is 0 Å². The highest BCUT2D eigenvalue weighted by Crippen LogP contribution is 2.40. The second kappa shape index (κ2) is 4.00. The average molecular weight is 181 g/mol. The third-order valence-electron chi connectivity index (χ3n) is 4.47. The maximum absolute atomic E-state index is 3.51. The molecule has 1 nitrogen and oxygen atoms in total. The minimum Gasteiger partial charge on any atom is -0.316 e. The summed E-state index contributed by atoms with van der Waals surface area (Å²) in [5.41, 5.74) is 0. The molecule has 0 bridgehead atoms. The molecule has 1 heteroatoms. The van der Waals surface area contributed by atoms with Gasteiger partial charge in [0.2, 0.25) is 0 Å². The molecule has 13 heavy (non-hydrogen) atoms. The topological polar surface area (TPSA) is 12.0 Å². The normalized spacial score (nSPS) is 46.6. The lowest BCUT2D eigenvalue weighted by Gasteiger charge is -2.37. The maximum Gasteiger partial charge on any atom is -0.00173 e. The summed E-state index contributed by atoms with van der Waals surface area (Å²) in [6.45, 7) is 7.48. The van der Waals surface area contributed by atoms with Crippen LogP contribution in [0, 0.1) is 23.7 Å². The Bertz CT molecular complexity index is 159. The van der Waals surface area contributed by atoms with Crippen molar-refractivity contribution in [1.82, 2.24) is 5.32 Å². The standard InChI is InChI=1S/C12H23N/c1-9-4-3-5-12(10(9)2)11-6-7-13-8-11/h9-13H,3-8H2,1-2H3. The van der Waals surface area contributed by atoms with Crippen molar-refractivity contribution in [2.45, 2.75) is 39.5 Å². The predicted molar refractivity (Wildman–Crippen MR) is 56.6 cm³/mol. The molecule has 1 N–H and O–H groups in total. The van der Waals surface area contributed by atoms with Crippen molar-refractivity contribution in [3.05, 3.63) is 0 Å². The van der Waals surface area contributed by atoms with Gasteiger partial charge < -0.3 is 5.32 Å². The molecule has 0 amide bonds. The fourth-order valence-corrected chi connectivity index (χ4v) is 3.33. The van der Waals surface area contributed by atoms with Crippen LogP contribution in [0.4, 0.5) is 0 Å². The molecule has 0 aromatic heterocycles. The smallest absolute Gasteiger partial charge is 0.00173 e. The van der Waals surface area contributed by atoms with Gasteiger partial charge in [-0.1, -0.05) is 26.7 Å². The first kappa shape index (κ1) is 9.51. The summed E-state index contributed by atoms with van der Waals surface area (Å²) in [5, 5.41) is 3.51. The lowest BCUT2D eigenvalue weighted by molar-refractivity contribution is 0.131. The van der Waals surface area contributed by atoms with Crippen LogP contribution < -0.4 is 5.32 Å². The molecule has 1 heterocycles. The molecule has 1 saturated carbocycles. The molecule has 0 aromatic rings. The number of hydrogen-bond donors (Lipinski definition) is 1. The van der Waals surface area contributed by atoms with Crippen molar-refractivity contribution in [1.29, 1.82) is 0 Å². The molecule has 4 atom stereocenters. The van der Waals surface area contributed by atoms with E-state index in [0.29, 0.717) is 0 Å². The van der Waals surface area contributed by atoms with Crippen molar-refractivity contribution < 1.29 is 0 Å². The Morgan fingerprint density at radius 2 is 1.92 bits per heavy atom. The molecular weight excluding hydrogens is 158 g/mol. The molecule has 1 saturated heterocycles. The Morgan fingerprint density at radius 3 is 2.62 bits per heavy atom. The lowest BCUT2D eigenvalue weighted by atomic mass is 9.68. The van der Waals surface area contributed by atoms with Crippen LogP contribution in [0.1, 0.15) is 39.5 Å². The first-order valence-corrected chi connectivity index (χ1v) is 5.99. The van der Waals surface area contributed by atoms with Crippen LogP contribution in [-0.4, -0.2) is 13.1 Å². The largest absolute Gasteiger partial charge is 0.316 e. The molecule has 76 valence electrons.